The Morgan fingerprint density at radius 3 is 0.755 bits per heavy atom. The highest BCUT2D eigenvalue weighted by atomic mass is 28.3. The highest BCUT2D eigenvalue weighted by molar-refractivity contribution is 7.19. The van der Waals surface area contributed by atoms with Crippen molar-refractivity contribution in [2.24, 2.45) is 0 Å². The van der Waals surface area contributed by atoms with E-state index in [-0.39, 0.29) is 0 Å². The molecule has 0 radical (unpaired) electrons. The third-order valence-corrected chi connectivity index (χ3v) is 13.5. The largest absolute Gasteiger partial charge is 0.207 e. The molecule has 0 heterocycles. The minimum Gasteiger partial charge on any atom is -0.207 e. The number of hydrogen-bond donors (Lipinski definition) is 0. The van der Waals surface area contributed by atoms with Crippen molar-refractivity contribution < 1.29 is 26.3 Å². The molecule has 0 saturated carbocycles. The molecule has 0 N–H and O–H groups in total. The van der Waals surface area contributed by atoms with Gasteiger partial charge in [0, 0.05) is 18.2 Å². The molecule has 240 valence electrons. The first-order valence-corrected chi connectivity index (χ1v) is 17.5. The zero-order valence-corrected chi connectivity index (χ0v) is 26.8. The van der Waals surface area contributed by atoms with E-state index in [0.29, 0.717) is 33.4 Å². The van der Waals surface area contributed by atoms with Crippen LogP contribution in [0.4, 0.5) is 26.3 Å². The van der Waals surface area contributed by atoms with Crippen molar-refractivity contribution in [3.8, 4) is 33.4 Å². The summed E-state index contributed by atoms with van der Waals surface area (Å²) in [5.74, 6) is -4.06. The van der Waals surface area contributed by atoms with Gasteiger partial charge in [0.1, 0.15) is 34.9 Å². The van der Waals surface area contributed by atoms with Crippen LogP contribution in [0.15, 0.2) is 158 Å². The maximum absolute atomic E-state index is 14.1. The Hall–Kier alpha value is -5.66. The number of rotatable bonds is 7. The van der Waals surface area contributed by atoms with Crippen LogP contribution in [0.25, 0.3) is 33.4 Å². The van der Waals surface area contributed by atoms with E-state index < -0.39 is 43.0 Å². The average Bonchev–Trinajstić information content (AvgIpc) is 3.09. The Bertz CT molecular complexity index is 1980. The fourth-order valence-electron chi connectivity index (χ4n) is 6.59. The van der Waals surface area contributed by atoms with E-state index in [1.165, 1.54) is 36.4 Å². The summed E-state index contributed by atoms with van der Waals surface area (Å²) in [7, 11) is -3.18. The van der Waals surface area contributed by atoms with Crippen LogP contribution < -0.4 is 20.7 Å². The Labute approximate surface area is 280 Å². The molecule has 0 aliphatic carbocycles. The molecule has 0 spiro atoms. The number of halogens is 6. The van der Waals surface area contributed by atoms with Crippen molar-refractivity contribution in [1.29, 1.82) is 0 Å². The molecule has 0 amide bonds. The lowest BCUT2D eigenvalue weighted by atomic mass is 10.1. The lowest BCUT2D eigenvalue weighted by molar-refractivity contribution is 0.583. The topological polar surface area (TPSA) is 0 Å². The minimum absolute atomic E-state index is 0.398. The summed E-state index contributed by atoms with van der Waals surface area (Å²) in [6.07, 6.45) is 0. The molecule has 7 heteroatoms. The quantitative estimate of drug-likeness (QED) is 0.0902. The van der Waals surface area contributed by atoms with Crippen LogP contribution in [0.1, 0.15) is 0 Å². The van der Waals surface area contributed by atoms with E-state index >= 15 is 0 Å². The third-order valence-electron chi connectivity index (χ3n) is 8.75. The molecule has 0 fully saturated rings. The van der Waals surface area contributed by atoms with Gasteiger partial charge in [0.25, 0.3) is 0 Å². The van der Waals surface area contributed by atoms with Crippen LogP contribution in [0.2, 0.25) is 0 Å². The number of hydrogen-bond acceptors (Lipinski definition) is 0. The van der Waals surface area contributed by atoms with E-state index in [1.807, 2.05) is 103 Å². The molecule has 0 atom stereocenters. The fourth-order valence-corrected chi connectivity index (χ4v) is 11.3. The van der Waals surface area contributed by atoms with Crippen LogP contribution in [0, 0.1) is 34.9 Å². The highest BCUT2D eigenvalue weighted by Gasteiger charge is 2.41. The lowest BCUT2D eigenvalue weighted by Crippen LogP contribution is -2.74. The fraction of sp³-hybridized carbons (Fsp3) is 0. The second-order valence-corrected chi connectivity index (χ2v) is 15.6. The molecule has 0 saturated heterocycles. The first-order chi connectivity index (χ1) is 23.7. The molecule has 0 aliphatic heterocycles. The van der Waals surface area contributed by atoms with Crippen LogP contribution in [0.5, 0.6) is 0 Å². The molecule has 0 nitrogen and oxygen atoms in total. The van der Waals surface area contributed by atoms with E-state index in [4.69, 9.17) is 0 Å². The predicted octanol–water partition coefficient (Wildman–Crippen LogP) is 8.90. The van der Waals surface area contributed by atoms with Crippen molar-refractivity contribution in [3.05, 3.63) is 193 Å². The molecular formula is C42H26F6Si. The minimum atomic E-state index is -3.18. The zero-order valence-electron chi connectivity index (χ0n) is 25.8. The summed E-state index contributed by atoms with van der Waals surface area (Å²) >= 11 is 0. The molecule has 0 aliphatic rings. The molecular weight excluding hydrogens is 647 g/mol. The summed E-state index contributed by atoms with van der Waals surface area (Å²) in [4.78, 5) is 0. The first-order valence-electron chi connectivity index (χ1n) is 15.5. The van der Waals surface area contributed by atoms with Crippen molar-refractivity contribution in [2.45, 2.75) is 0 Å². The van der Waals surface area contributed by atoms with E-state index in [0.717, 1.165) is 38.9 Å². The van der Waals surface area contributed by atoms with Crippen LogP contribution in [-0.2, 0) is 0 Å². The second-order valence-electron chi connectivity index (χ2n) is 11.8. The normalized spacial score (nSPS) is 11.5. The molecule has 0 unspecified atom stereocenters. The maximum atomic E-state index is 14.1. The molecule has 7 aromatic rings. The standard InChI is InChI=1S/C42H26F6Si/c43-33-18-30(19-34(44)24-33)27-6-12-40(13-7-27)49(39-4-2-1-3-5-39,41-14-8-28(9-15-41)31-20-35(45)25-36(46)21-31)42-16-10-29(11-17-42)32-22-37(47)26-38(48)23-32/h1-26H. The zero-order chi connectivity index (χ0) is 34.1. The van der Waals surface area contributed by atoms with Gasteiger partial charge in [0.05, 0.1) is 0 Å². The second kappa shape index (κ2) is 13.1. The third kappa shape index (κ3) is 6.33. The van der Waals surface area contributed by atoms with Gasteiger partial charge in [0.15, 0.2) is 8.07 Å². The summed E-state index contributed by atoms with van der Waals surface area (Å²) in [5.41, 5.74) is 3.08. The Morgan fingerprint density at radius 2 is 0.490 bits per heavy atom. The first kappa shape index (κ1) is 31.9. The van der Waals surface area contributed by atoms with Gasteiger partial charge < -0.3 is 0 Å². The Kier molecular flexibility index (Phi) is 8.53. The number of benzene rings is 7. The molecule has 7 rings (SSSR count). The monoisotopic (exact) mass is 672 g/mol. The summed E-state index contributed by atoms with van der Waals surface area (Å²) in [6, 6.07) is 42.9. The van der Waals surface area contributed by atoms with Crippen LogP contribution >= 0.6 is 0 Å². The summed E-state index contributed by atoms with van der Waals surface area (Å²) in [5, 5.41) is 3.88. The summed E-state index contributed by atoms with van der Waals surface area (Å²) < 4.78 is 84.8. The van der Waals surface area contributed by atoms with Gasteiger partial charge in [-0.15, -0.1) is 0 Å². The Balaban J connectivity index is 1.44. The molecule has 0 aromatic heterocycles. The van der Waals surface area contributed by atoms with Gasteiger partial charge in [-0.1, -0.05) is 103 Å². The predicted molar refractivity (Wildman–Crippen MR) is 186 cm³/mol. The van der Waals surface area contributed by atoms with Gasteiger partial charge >= 0.3 is 0 Å². The van der Waals surface area contributed by atoms with Crippen molar-refractivity contribution in [2.75, 3.05) is 0 Å². The molecule has 49 heavy (non-hydrogen) atoms. The maximum Gasteiger partial charge on any atom is 0.179 e. The average molecular weight is 673 g/mol. The molecule has 7 aromatic carbocycles. The van der Waals surface area contributed by atoms with E-state index in [1.54, 1.807) is 0 Å². The van der Waals surface area contributed by atoms with Crippen LogP contribution in [-0.4, -0.2) is 8.07 Å². The Morgan fingerprint density at radius 1 is 0.245 bits per heavy atom. The lowest BCUT2D eigenvalue weighted by Gasteiger charge is -2.35. The van der Waals surface area contributed by atoms with Crippen LogP contribution in [0.3, 0.4) is 0 Å². The van der Waals surface area contributed by atoms with Gasteiger partial charge in [-0.2, -0.15) is 0 Å². The van der Waals surface area contributed by atoms with Gasteiger partial charge in [0.2, 0.25) is 0 Å². The SMILES string of the molecule is Fc1cc(F)cc(-c2ccc([Si](c3ccccc3)(c3ccc(-c4cc(F)cc(F)c4)cc3)c3ccc(-c4cc(F)cc(F)c4)cc3)cc2)c1. The highest BCUT2D eigenvalue weighted by Crippen LogP contribution is 2.25. The van der Waals surface area contributed by atoms with Gasteiger partial charge in [-0.25, -0.2) is 26.3 Å². The van der Waals surface area contributed by atoms with Crippen molar-refractivity contribution in [1.82, 2.24) is 0 Å². The van der Waals surface area contributed by atoms with E-state index in [9.17, 15) is 26.3 Å². The smallest absolute Gasteiger partial charge is 0.179 e. The van der Waals surface area contributed by atoms with Gasteiger partial charge in [-0.3, -0.25) is 0 Å². The van der Waals surface area contributed by atoms with Crippen molar-refractivity contribution in [3.63, 3.8) is 0 Å². The van der Waals surface area contributed by atoms with Crippen molar-refractivity contribution >= 4 is 28.8 Å². The van der Waals surface area contributed by atoms with E-state index in [2.05, 4.69) is 0 Å². The molecule has 0 bridgehead atoms. The summed E-state index contributed by atoms with van der Waals surface area (Å²) in [6.45, 7) is 0. The van der Waals surface area contributed by atoms with Gasteiger partial charge in [-0.05, 0) is 90.5 Å².